The first-order valence-corrected chi connectivity index (χ1v) is 38.2. The number of carbonyl (C=O) groups excluding carboxylic acids is 2. The first-order valence-electron chi connectivity index (χ1n) is 29.7. The maximum Gasteiger partial charge on any atom is 0.335 e. The highest BCUT2D eigenvalue weighted by Crippen LogP contribution is 2.19. The van der Waals surface area contributed by atoms with Crippen LogP contribution in [0.15, 0.2) is 75.7 Å². The highest BCUT2D eigenvalue weighted by Gasteiger charge is 2.21. The number of nitrogens with two attached hydrogens (primary N) is 1. The van der Waals surface area contributed by atoms with Gasteiger partial charge in [-0.1, -0.05) is 32.9 Å². The summed E-state index contributed by atoms with van der Waals surface area (Å²) in [7, 11) is 6.64. The third-order valence-corrected chi connectivity index (χ3v) is 18.8. The maximum atomic E-state index is 12.0. The van der Waals surface area contributed by atoms with Gasteiger partial charge in [0.15, 0.2) is 5.78 Å². The predicted octanol–water partition coefficient (Wildman–Crippen LogP) is 7.37. The van der Waals surface area contributed by atoms with Crippen LogP contribution >= 0.6 is 75.6 Å². The van der Waals surface area contributed by atoms with Crippen LogP contribution < -0.4 is 95.3 Å². The second kappa shape index (κ2) is 45.2. The Hall–Kier alpha value is -6.26. The largest absolute Gasteiger partial charge is 0.385 e. The van der Waals surface area contributed by atoms with Crippen molar-refractivity contribution >= 4 is 110 Å². The Kier molecular flexibility index (Phi) is 43.2. The number of carbonyl (C=O) groups is 2. The number of Topliss-reactive ketones (excluding diaryl/α,β-unsaturated/α-hetero) is 1. The number of anilines is 4. The standard InChI is InChI=1S/C10H16N3O3P.C10H18N3O2P.C10H17N2O2P.C8H14N3O2P.C7H10ClN2O2P.C7H12N3O2P.C2H3ClO.CH4.H3N.13H2/c1-5-12-9(15)7(6(2)14)8(11-3)13(17-4)10(12)16;1-5-7-8(11-3)13(16-4)10(15)12(6-2)9(7)14;1-5-8-7(3)12(15-4)10(14)11(6-2)9(8)13;1-4-10-7(12)5-6(9-2)11(14-3)8(10)13;2*1-3-9-6(11)4-5(8)10(13-2)7(9)12;1-2(3)4;;;;;;;;;;;;;;;/h11,17H,5H2,1-4H3;11,16H,5-6H2,1-4H3;15H,5-6H2,1-4H3;5,9,14H,4H2,1-3H3;4,13H,3H2,1-2H3;4,13H,3,8H2,1-2H3;1H3;1H4;1H3;13*1H/i;;;;;;;;;1+1D;;;;;;;;;;;;. The number of ketones is 1. The number of hydrogen-bond acceptors (Lipinski definition) is 19. The molecule has 6 aromatic heterocycles. The fraction of sp³-hybridized carbons (Fsp3) is 0.527. The molecule has 0 fully saturated rings. The molecule has 8 N–H and O–H groups in total. The topological polar surface area (TPSA) is 395 Å². The molecule has 0 aliphatic heterocycles. The number of nitrogens with zero attached hydrogens (tertiary/aromatic N) is 12. The molecule has 94 heavy (non-hydrogen) atoms. The molecule has 0 radical (unpaired) electrons. The number of nitrogens with one attached hydrogen (secondary N) is 3. The van der Waals surface area contributed by atoms with Crippen molar-refractivity contribution in [1.29, 1.82) is 0 Å². The summed E-state index contributed by atoms with van der Waals surface area (Å²) < 4.78 is 26.3. The average Bonchev–Trinajstić information content (AvgIpc) is 0.797. The molecule has 6 rings (SSSR count). The zero-order chi connectivity index (χ0) is 73.3. The lowest BCUT2D eigenvalue weighted by Crippen LogP contribution is -2.41. The van der Waals surface area contributed by atoms with E-state index in [9.17, 15) is 67.1 Å². The highest BCUT2D eigenvalue weighted by molar-refractivity contribution is 7.36. The van der Waals surface area contributed by atoms with E-state index < -0.39 is 5.56 Å². The van der Waals surface area contributed by atoms with E-state index in [-0.39, 0.29) is 153 Å². The first-order chi connectivity index (χ1) is 44.3. The Labute approximate surface area is 586 Å². The SMILES string of the molecule is C.CC(=O)Cl.CCc1c(C)n(PC)c(=O)n(CC)c1=O.CCc1c(NC)n(PC)c(=O)n(CC)c1=O.CCn1c(=O)c(C(C)=O)c(NC)n(PC)c1=O.CCn1c(=O)cc(Cl)n(PC)c1=O.CCn1c(=O)cc(N)n(PC)c1=O.CCn1c(=O)cc(NC)n(PC)c1=O.N.[2H][2H].[HH].[HH].[HH].[HH].[HH].[HH].[HH].[HH].[HH].[HH].[HH].[HH]. The Morgan fingerprint density at radius 1 is 0.479 bits per heavy atom. The van der Waals surface area contributed by atoms with Crippen molar-refractivity contribution in [3.05, 3.63) is 171 Å². The van der Waals surface area contributed by atoms with E-state index in [1.165, 1.54) is 58.8 Å². The van der Waals surface area contributed by atoms with Gasteiger partial charge in [0.2, 0.25) is 5.24 Å². The van der Waals surface area contributed by atoms with Gasteiger partial charge < -0.3 is 27.8 Å². The normalized spacial score (nSPS) is 10.9. The molecule has 0 aliphatic carbocycles. The first kappa shape index (κ1) is 89.8. The number of halogens is 2. The lowest BCUT2D eigenvalue weighted by Gasteiger charge is -2.16. The van der Waals surface area contributed by atoms with Crippen molar-refractivity contribution in [3.63, 3.8) is 0 Å². The van der Waals surface area contributed by atoms with Gasteiger partial charge in [0.1, 0.15) is 34.0 Å². The molecule has 31 nitrogen and oxygen atoms in total. The van der Waals surface area contributed by atoms with Crippen molar-refractivity contribution in [1.82, 2.24) is 59.6 Å². The Morgan fingerprint density at radius 2 is 0.787 bits per heavy atom. The van der Waals surface area contributed by atoms with E-state index in [0.717, 1.165) is 25.0 Å². The van der Waals surface area contributed by atoms with Gasteiger partial charge in [-0.15, -0.1) is 0 Å². The average molecular weight is 1510 g/mol. The molecule has 6 aromatic rings. The van der Waals surface area contributed by atoms with Crippen LogP contribution in [0, 0.1) is 6.92 Å². The molecule has 6 atom stereocenters. The van der Waals surface area contributed by atoms with Crippen molar-refractivity contribution in [2.75, 3.05) is 82.8 Å². The molecule has 0 bridgehead atoms. The summed E-state index contributed by atoms with van der Waals surface area (Å²) in [6, 6.07) is 3.99. The van der Waals surface area contributed by atoms with Gasteiger partial charge in [-0.2, -0.15) is 0 Å². The minimum Gasteiger partial charge on any atom is -0.385 e. The van der Waals surface area contributed by atoms with Crippen LogP contribution in [-0.4, -0.2) is 126 Å². The minimum absolute atomic E-state index is 0. The van der Waals surface area contributed by atoms with Gasteiger partial charge in [0.05, 0.1) is 5.56 Å². The smallest absolute Gasteiger partial charge is 0.335 e. The van der Waals surface area contributed by atoms with Crippen LogP contribution in [0.2, 0.25) is 5.15 Å². The van der Waals surface area contributed by atoms with Gasteiger partial charge in [0, 0.05) is 117 Å². The third kappa shape index (κ3) is 23.0. The van der Waals surface area contributed by atoms with E-state index >= 15 is 0 Å². The lowest BCUT2D eigenvalue weighted by molar-refractivity contribution is -0.109. The molecule has 556 valence electrons. The summed E-state index contributed by atoms with van der Waals surface area (Å²) in [4.78, 5) is 161. The summed E-state index contributed by atoms with van der Waals surface area (Å²) >= 11 is 10.4. The molecule has 0 aromatic carbocycles. The maximum absolute atomic E-state index is 12.0. The van der Waals surface area contributed by atoms with Crippen LogP contribution in [0.3, 0.4) is 0 Å². The van der Waals surface area contributed by atoms with Crippen LogP contribution in [0.5, 0.6) is 0 Å². The Bertz CT molecular complexity index is 4190. The van der Waals surface area contributed by atoms with Crippen molar-refractivity contribution in [2.45, 2.75) is 136 Å². The molecular formula is C55H123Cl2N17O14P6. The van der Waals surface area contributed by atoms with Crippen LogP contribution in [0.25, 0.3) is 0 Å². The minimum atomic E-state index is -0.524. The summed E-state index contributed by atoms with van der Waals surface area (Å²) in [6.45, 7) is 32.5. The molecule has 0 aliphatic rings. The summed E-state index contributed by atoms with van der Waals surface area (Å²) in [5, 5.41) is 8.40. The van der Waals surface area contributed by atoms with E-state index in [4.69, 9.17) is 20.3 Å². The summed E-state index contributed by atoms with van der Waals surface area (Å²) in [5.41, 5.74) is 4.36. The molecule has 6 heterocycles. The fourth-order valence-corrected chi connectivity index (χ4v) is 13.3. The number of rotatable bonds is 18. The molecule has 0 saturated heterocycles. The molecule has 0 spiro atoms. The van der Waals surface area contributed by atoms with Gasteiger partial charge in [-0.25, -0.2) is 28.8 Å². The number of hydrogen-bond donors (Lipinski definition) is 5. The monoisotopic (exact) mass is 1500 g/mol. The van der Waals surface area contributed by atoms with Crippen molar-refractivity contribution in [2.24, 2.45) is 0 Å². The lowest BCUT2D eigenvalue weighted by atomic mass is 10.2. The van der Waals surface area contributed by atoms with E-state index in [1.807, 2.05) is 74.6 Å². The van der Waals surface area contributed by atoms with Gasteiger partial charge >= 0.3 is 34.1 Å². The highest BCUT2D eigenvalue weighted by atomic mass is 35.5. The predicted molar refractivity (Wildman–Crippen MR) is 429 cm³/mol. The van der Waals surface area contributed by atoms with E-state index in [1.54, 1.807) is 61.9 Å². The van der Waals surface area contributed by atoms with E-state index in [0.29, 0.717) is 94.8 Å². The van der Waals surface area contributed by atoms with Crippen molar-refractivity contribution < 1.29 is 29.7 Å². The molecular weight excluding hydrogens is 1380 g/mol. The number of nitrogen functional groups attached to an aromatic ring is 1. The van der Waals surface area contributed by atoms with Crippen LogP contribution in [-0.2, 0) is 56.9 Å². The second-order valence-electron chi connectivity index (χ2n) is 18.1. The zero-order valence-corrected chi connectivity index (χ0v) is 64.0. The van der Waals surface area contributed by atoms with Gasteiger partial charge in [-0.05, 0) is 172 Å². The Morgan fingerprint density at radius 3 is 1.13 bits per heavy atom. The molecule has 0 amide bonds. The van der Waals surface area contributed by atoms with Gasteiger partial charge in [0.25, 0.3) is 33.4 Å². The van der Waals surface area contributed by atoms with Crippen LogP contribution in [0.1, 0.15) is 124 Å². The molecule has 39 heteroatoms. The summed E-state index contributed by atoms with van der Waals surface area (Å²) in [6.07, 6.45) is 1.30. The fourth-order valence-electron chi connectivity index (χ4n) is 8.64. The second-order valence-corrected chi connectivity index (χ2v) is 24.4. The van der Waals surface area contributed by atoms with Crippen LogP contribution in [0.4, 0.5) is 23.3 Å². The number of aromatic nitrogens is 12. The van der Waals surface area contributed by atoms with Crippen molar-refractivity contribution in [3.8, 4) is 0 Å². The zero-order valence-electron chi connectivity index (χ0n) is 58.5. The summed E-state index contributed by atoms with van der Waals surface area (Å²) in [5.74, 6) is 1.43. The van der Waals surface area contributed by atoms with E-state index in [2.05, 4.69) is 27.6 Å². The molecule has 0 saturated carbocycles. The molecule has 6 unspecified atom stereocenters. The quantitative estimate of drug-likeness (QED) is 0.0242. The Balaban J connectivity index is -0.0000000646. The van der Waals surface area contributed by atoms with Gasteiger partial charge in [-0.3, -0.25) is 91.8 Å². The third-order valence-electron chi connectivity index (χ3n) is 13.1.